The fourth-order valence-corrected chi connectivity index (χ4v) is 2.51. The standard InChI is InChI=1S/C15H23NO2/c1-8-9(2)11(4)15(12(5)10(8)3)13(16)6-7-14(17)18/h13H,6-7,16H2,1-5H3,(H,17,18). The van der Waals surface area contributed by atoms with Crippen LogP contribution < -0.4 is 5.73 Å². The molecule has 3 heteroatoms. The molecule has 100 valence electrons. The Bertz CT molecular complexity index is 449. The maximum atomic E-state index is 10.6. The van der Waals surface area contributed by atoms with E-state index >= 15 is 0 Å². The Balaban J connectivity index is 3.20. The molecule has 0 aliphatic heterocycles. The molecule has 1 unspecified atom stereocenters. The summed E-state index contributed by atoms with van der Waals surface area (Å²) >= 11 is 0. The van der Waals surface area contributed by atoms with Gasteiger partial charge in [0.1, 0.15) is 0 Å². The second-order valence-electron chi connectivity index (χ2n) is 5.08. The van der Waals surface area contributed by atoms with Crippen molar-refractivity contribution in [2.45, 2.75) is 53.5 Å². The maximum absolute atomic E-state index is 10.6. The lowest BCUT2D eigenvalue weighted by Gasteiger charge is -2.22. The van der Waals surface area contributed by atoms with E-state index in [0.717, 1.165) is 5.56 Å². The normalized spacial score (nSPS) is 12.6. The molecule has 3 N–H and O–H groups in total. The maximum Gasteiger partial charge on any atom is 0.303 e. The minimum Gasteiger partial charge on any atom is -0.481 e. The van der Waals surface area contributed by atoms with Crippen LogP contribution in [0.4, 0.5) is 0 Å². The van der Waals surface area contributed by atoms with Crippen LogP contribution in [0.2, 0.25) is 0 Å². The largest absolute Gasteiger partial charge is 0.481 e. The fourth-order valence-electron chi connectivity index (χ4n) is 2.51. The molecule has 1 atom stereocenters. The zero-order valence-corrected chi connectivity index (χ0v) is 11.9. The molecular formula is C15H23NO2. The highest BCUT2D eigenvalue weighted by Gasteiger charge is 2.18. The molecule has 1 rings (SSSR count). The summed E-state index contributed by atoms with van der Waals surface area (Å²) in [5, 5.41) is 8.75. The molecule has 3 nitrogen and oxygen atoms in total. The molecule has 0 bridgehead atoms. The number of carboxylic acid groups (broad SMARTS) is 1. The summed E-state index contributed by atoms with van der Waals surface area (Å²) in [6, 6.07) is -0.195. The van der Waals surface area contributed by atoms with E-state index in [1.54, 1.807) is 0 Å². The van der Waals surface area contributed by atoms with E-state index in [0.29, 0.717) is 6.42 Å². The van der Waals surface area contributed by atoms with Crippen molar-refractivity contribution in [1.29, 1.82) is 0 Å². The third-order valence-corrected chi connectivity index (χ3v) is 4.10. The van der Waals surface area contributed by atoms with Crippen molar-refractivity contribution >= 4 is 5.97 Å². The first-order valence-electron chi connectivity index (χ1n) is 6.31. The SMILES string of the molecule is Cc1c(C)c(C)c(C(N)CCC(=O)O)c(C)c1C. The summed E-state index contributed by atoms with van der Waals surface area (Å²) in [5.74, 6) is -0.790. The van der Waals surface area contributed by atoms with E-state index in [1.807, 2.05) is 0 Å². The molecule has 0 amide bonds. The van der Waals surface area contributed by atoms with E-state index in [2.05, 4.69) is 34.6 Å². The van der Waals surface area contributed by atoms with Crippen molar-refractivity contribution < 1.29 is 9.90 Å². The van der Waals surface area contributed by atoms with Crippen molar-refractivity contribution in [3.8, 4) is 0 Å². The summed E-state index contributed by atoms with van der Waals surface area (Å²) in [6.45, 7) is 10.5. The van der Waals surface area contributed by atoms with Gasteiger partial charge >= 0.3 is 5.97 Å². The molecule has 0 radical (unpaired) electrons. The lowest BCUT2D eigenvalue weighted by atomic mass is 9.85. The molecular weight excluding hydrogens is 226 g/mol. The molecule has 0 aliphatic carbocycles. The molecule has 0 fully saturated rings. The van der Waals surface area contributed by atoms with Crippen LogP contribution >= 0.6 is 0 Å². The average Bonchev–Trinajstić information content (AvgIpc) is 2.31. The molecule has 0 saturated carbocycles. The van der Waals surface area contributed by atoms with E-state index < -0.39 is 5.97 Å². The predicted molar refractivity (Wildman–Crippen MR) is 73.9 cm³/mol. The molecule has 1 aromatic rings. The number of benzene rings is 1. The molecule has 1 aromatic carbocycles. The Kier molecular flexibility index (Phi) is 4.52. The van der Waals surface area contributed by atoms with Crippen molar-refractivity contribution in [2.24, 2.45) is 5.73 Å². The topological polar surface area (TPSA) is 63.3 Å². The number of carbonyl (C=O) groups is 1. The fraction of sp³-hybridized carbons (Fsp3) is 0.533. The smallest absolute Gasteiger partial charge is 0.303 e. The first-order chi connectivity index (χ1) is 8.27. The van der Waals surface area contributed by atoms with Crippen LogP contribution in [0.25, 0.3) is 0 Å². The summed E-state index contributed by atoms with van der Waals surface area (Å²) < 4.78 is 0. The van der Waals surface area contributed by atoms with Crippen molar-refractivity contribution in [3.63, 3.8) is 0 Å². The van der Waals surface area contributed by atoms with E-state index in [1.165, 1.54) is 27.8 Å². The van der Waals surface area contributed by atoms with E-state index in [-0.39, 0.29) is 12.5 Å². The van der Waals surface area contributed by atoms with Gasteiger partial charge in [0.15, 0.2) is 0 Å². The lowest BCUT2D eigenvalue weighted by Crippen LogP contribution is -2.17. The molecule has 0 spiro atoms. The Hall–Kier alpha value is -1.35. The van der Waals surface area contributed by atoms with Gasteiger partial charge in [0.05, 0.1) is 0 Å². The minimum absolute atomic E-state index is 0.117. The number of hydrogen-bond donors (Lipinski definition) is 2. The van der Waals surface area contributed by atoms with Gasteiger partial charge in [0.2, 0.25) is 0 Å². The zero-order valence-electron chi connectivity index (χ0n) is 11.9. The number of hydrogen-bond acceptors (Lipinski definition) is 2. The molecule has 0 aliphatic rings. The van der Waals surface area contributed by atoms with Crippen LogP contribution in [-0.4, -0.2) is 11.1 Å². The van der Waals surface area contributed by atoms with Crippen molar-refractivity contribution in [3.05, 3.63) is 33.4 Å². The molecule has 0 aromatic heterocycles. The summed E-state index contributed by atoms with van der Waals surface area (Å²) in [7, 11) is 0. The number of nitrogens with two attached hydrogens (primary N) is 1. The predicted octanol–water partition coefficient (Wildman–Crippen LogP) is 3.09. The van der Waals surface area contributed by atoms with Gasteiger partial charge in [0.25, 0.3) is 0 Å². The Labute approximate surface area is 109 Å². The third kappa shape index (κ3) is 2.72. The number of rotatable bonds is 4. The molecule has 18 heavy (non-hydrogen) atoms. The third-order valence-electron chi connectivity index (χ3n) is 4.10. The van der Waals surface area contributed by atoms with Crippen LogP contribution in [0, 0.1) is 34.6 Å². The number of aliphatic carboxylic acids is 1. The van der Waals surface area contributed by atoms with Gasteiger partial charge in [-0.3, -0.25) is 4.79 Å². The monoisotopic (exact) mass is 249 g/mol. The second-order valence-corrected chi connectivity index (χ2v) is 5.08. The van der Waals surface area contributed by atoms with Gasteiger partial charge in [-0.25, -0.2) is 0 Å². The summed E-state index contributed by atoms with van der Waals surface area (Å²) in [6.07, 6.45) is 0.602. The zero-order chi connectivity index (χ0) is 14.0. The van der Waals surface area contributed by atoms with Crippen molar-refractivity contribution in [1.82, 2.24) is 0 Å². The first-order valence-corrected chi connectivity index (χ1v) is 6.31. The Morgan fingerprint density at radius 1 is 1.00 bits per heavy atom. The number of carboxylic acids is 1. The van der Waals surface area contributed by atoms with Crippen LogP contribution in [0.1, 0.15) is 52.3 Å². The van der Waals surface area contributed by atoms with E-state index in [9.17, 15) is 4.79 Å². The van der Waals surface area contributed by atoms with Crippen LogP contribution in [0.3, 0.4) is 0 Å². The second kappa shape index (κ2) is 5.53. The highest BCUT2D eigenvalue weighted by molar-refractivity contribution is 5.66. The summed E-state index contributed by atoms with van der Waals surface area (Å²) in [4.78, 5) is 10.6. The molecule has 0 heterocycles. The van der Waals surface area contributed by atoms with Crippen LogP contribution in [0.15, 0.2) is 0 Å². The highest BCUT2D eigenvalue weighted by atomic mass is 16.4. The van der Waals surface area contributed by atoms with Gasteiger partial charge in [0, 0.05) is 12.5 Å². The first kappa shape index (κ1) is 14.7. The van der Waals surface area contributed by atoms with Gasteiger partial charge in [-0.05, 0) is 74.4 Å². The van der Waals surface area contributed by atoms with Crippen LogP contribution in [0.5, 0.6) is 0 Å². The Morgan fingerprint density at radius 2 is 1.39 bits per heavy atom. The van der Waals surface area contributed by atoms with Gasteiger partial charge in [-0.15, -0.1) is 0 Å². The van der Waals surface area contributed by atoms with Gasteiger partial charge in [-0.1, -0.05) is 0 Å². The van der Waals surface area contributed by atoms with Gasteiger partial charge in [-0.2, -0.15) is 0 Å². The van der Waals surface area contributed by atoms with Crippen LogP contribution in [-0.2, 0) is 4.79 Å². The average molecular weight is 249 g/mol. The van der Waals surface area contributed by atoms with E-state index in [4.69, 9.17) is 10.8 Å². The highest BCUT2D eigenvalue weighted by Crippen LogP contribution is 2.31. The minimum atomic E-state index is -0.790. The quantitative estimate of drug-likeness (QED) is 0.861. The summed E-state index contributed by atoms with van der Waals surface area (Å²) in [5.41, 5.74) is 13.5. The van der Waals surface area contributed by atoms with Crippen molar-refractivity contribution in [2.75, 3.05) is 0 Å². The van der Waals surface area contributed by atoms with Gasteiger partial charge < -0.3 is 10.8 Å². The molecule has 0 saturated heterocycles. The Morgan fingerprint density at radius 3 is 1.78 bits per heavy atom. The lowest BCUT2D eigenvalue weighted by molar-refractivity contribution is -0.137.